The van der Waals surface area contributed by atoms with Crippen LogP contribution >= 0.6 is 49.9 Å². The number of allylic oxidation sites excluding steroid dienone is 1. The van der Waals surface area contributed by atoms with E-state index in [9.17, 15) is 9.59 Å². The summed E-state index contributed by atoms with van der Waals surface area (Å²) in [5, 5.41) is 0. The Kier molecular flexibility index (Phi) is 9.99. The van der Waals surface area contributed by atoms with E-state index in [2.05, 4.69) is 49.4 Å². The summed E-state index contributed by atoms with van der Waals surface area (Å²) < 4.78 is 26.3. The van der Waals surface area contributed by atoms with Crippen molar-refractivity contribution in [2.75, 3.05) is 20.3 Å². The summed E-state index contributed by atoms with van der Waals surface area (Å²) in [6, 6.07) is 8.34. The maximum Gasteiger partial charge on any atom is 0.338 e. The molecule has 1 atom stereocenters. The monoisotopic (exact) mass is 750 g/mol. The molecule has 0 N–H and O–H groups in total. The fraction of sp³-hybridized carbons (Fsp3) is 0.300. The lowest BCUT2D eigenvalue weighted by molar-refractivity contribution is -0.139. The molecule has 214 valence electrons. The standard InChI is InChI=1S/C30H28BrIN2O6S/c1-7-11-39-27-19(12-20(31)15-21(27)32)14-24-28(35)34-26(18-9-10-22(40-16(3)4)23(13-18)37-6)25(29(36)38-8-2)17(5)33-30(34)41-24/h1,9-10,12-16,26H,8,11H2,2-6H3/b24-14+/t26-/m1/s1. The predicted molar refractivity (Wildman–Crippen MR) is 170 cm³/mol. The minimum Gasteiger partial charge on any atom is -0.493 e. The molecular weight excluding hydrogens is 723 g/mol. The normalized spacial score (nSPS) is 14.8. The van der Waals surface area contributed by atoms with Crippen molar-refractivity contribution in [2.24, 2.45) is 4.99 Å². The predicted octanol–water partition coefficient (Wildman–Crippen LogP) is 4.97. The average Bonchev–Trinajstić information content (AvgIpc) is 3.21. The Morgan fingerprint density at radius 3 is 2.71 bits per heavy atom. The fourth-order valence-electron chi connectivity index (χ4n) is 4.41. The topological polar surface area (TPSA) is 88.3 Å². The van der Waals surface area contributed by atoms with Crippen LogP contribution in [0.15, 0.2) is 55.9 Å². The molecule has 1 aromatic heterocycles. The molecular formula is C30H28BrIN2O6S. The first kappa shape index (κ1) is 30.9. The van der Waals surface area contributed by atoms with Gasteiger partial charge in [0, 0.05) is 10.0 Å². The number of aromatic nitrogens is 1. The SMILES string of the molecule is C#CCOc1c(I)cc(Br)cc1/C=c1/sc2n(c1=O)[C@H](c1ccc(OC(C)C)c(OC)c1)C(C(=O)OCC)=C(C)N=2. The second kappa shape index (κ2) is 13.3. The molecule has 0 radical (unpaired) electrons. The molecule has 0 fully saturated rings. The van der Waals surface area contributed by atoms with Crippen molar-refractivity contribution in [1.29, 1.82) is 0 Å². The number of hydrogen-bond donors (Lipinski definition) is 0. The molecule has 2 aromatic carbocycles. The van der Waals surface area contributed by atoms with E-state index in [1.54, 1.807) is 39.2 Å². The minimum atomic E-state index is -0.797. The number of carbonyl (C=O) groups is 1. The lowest BCUT2D eigenvalue weighted by Gasteiger charge is -2.25. The average molecular weight is 751 g/mol. The molecule has 0 unspecified atom stereocenters. The molecule has 0 aliphatic carbocycles. The molecule has 2 heterocycles. The van der Waals surface area contributed by atoms with E-state index in [0.717, 1.165) is 8.04 Å². The van der Waals surface area contributed by atoms with Crippen molar-refractivity contribution in [1.82, 2.24) is 4.57 Å². The quantitative estimate of drug-likeness (QED) is 0.175. The Hall–Kier alpha value is -3.08. The fourth-order valence-corrected chi connectivity index (χ4v) is 7.15. The molecule has 0 saturated heterocycles. The number of halogens is 2. The maximum absolute atomic E-state index is 14.1. The highest BCUT2D eigenvalue weighted by Crippen LogP contribution is 2.37. The van der Waals surface area contributed by atoms with Crippen molar-refractivity contribution < 1.29 is 23.7 Å². The van der Waals surface area contributed by atoms with Crippen LogP contribution in [0.3, 0.4) is 0 Å². The zero-order valence-electron chi connectivity index (χ0n) is 23.1. The number of esters is 1. The highest BCUT2D eigenvalue weighted by atomic mass is 127. The van der Waals surface area contributed by atoms with Crippen LogP contribution in [0.2, 0.25) is 0 Å². The molecule has 0 spiro atoms. The number of fused-ring (bicyclic) bond motifs is 1. The van der Waals surface area contributed by atoms with Gasteiger partial charge in [0.15, 0.2) is 16.3 Å². The molecule has 11 heteroatoms. The van der Waals surface area contributed by atoms with E-state index >= 15 is 0 Å². The van der Waals surface area contributed by atoms with Crippen molar-refractivity contribution in [2.45, 2.75) is 39.8 Å². The van der Waals surface area contributed by atoms with Gasteiger partial charge in [-0.1, -0.05) is 39.3 Å². The highest BCUT2D eigenvalue weighted by molar-refractivity contribution is 14.1. The van der Waals surface area contributed by atoms with E-state index in [0.29, 0.717) is 43.4 Å². The smallest absolute Gasteiger partial charge is 0.338 e. The zero-order valence-corrected chi connectivity index (χ0v) is 27.7. The van der Waals surface area contributed by atoms with Gasteiger partial charge in [0.05, 0.1) is 45.2 Å². The van der Waals surface area contributed by atoms with E-state index < -0.39 is 12.0 Å². The first-order valence-corrected chi connectivity index (χ1v) is 15.4. The largest absolute Gasteiger partial charge is 0.493 e. The Morgan fingerprint density at radius 2 is 2.05 bits per heavy atom. The Labute approximate surface area is 264 Å². The van der Waals surface area contributed by atoms with E-state index in [4.69, 9.17) is 25.4 Å². The van der Waals surface area contributed by atoms with Gasteiger partial charge in [-0.05, 0) is 86.2 Å². The van der Waals surface area contributed by atoms with Crippen molar-refractivity contribution in [3.05, 3.63) is 80.5 Å². The minimum absolute atomic E-state index is 0.0692. The number of rotatable bonds is 9. The number of ether oxygens (including phenoxy) is 4. The van der Waals surface area contributed by atoms with E-state index in [-0.39, 0.29) is 30.5 Å². The first-order chi connectivity index (χ1) is 19.6. The van der Waals surface area contributed by atoms with Crippen molar-refractivity contribution >= 4 is 61.9 Å². The molecule has 4 rings (SSSR count). The van der Waals surface area contributed by atoms with Gasteiger partial charge in [0.1, 0.15) is 12.4 Å². The number of methoxy groups -OCH3 is 1. The second-order valence-electron chi connectivity index (χ2n) is 9.18. The number of nitrogens with zero attached hydrogens (tertiary/aromatic N) is 2. The van der Waals surface area contributed by atoms with Crippen LogP contribution in [0.25, 0.3) is 6.08 Å². The molecule has 0 bridgehead atoms. The summed E-state index contributed by atoms with van der Waals surface area (Å²) in [5.74, 6) is 3.55. The number of hydrogen-bond acceptors (Lipinski definition) is 8. The number of benzene rings is 2. The van der Waals surface area contributed by atoms with Gasteiger partial charge < -0.3 is 18.9 Å². The lowest BCUT2D eigenvalue weighted by Crippen LogP contribution is -2.40. The van der Waals surface area contributed by atoms with Gasteiger partial charge in [-0.2, -0.15) is 0 Å². The summed E-state index contributed by atoms with van der Waals surface area (Å²) in [4.78, 5) is 32.4. The first-order valence-electron chi connectivity index (χ1n) is 12.7. The van der Waals surface area contributed by atoms with E-state index in [1.165, 1.54) is 15.9 Å². The lowest BCUT2D eigenvalue weighted by atomic mass is 9.95. The Bertz CT molecular complexity index is 1750. The van der Waals surface area contributed by atoms with Gasteiger partial charge in [0.2, 0.25) is 0 Å². The van der Waals surface area contributed by atoms with Crippen LogP contribution in [0.1, 0.15) is 44.9 Å². The van der Waals surface area contributed by atoms with Gasteiger partial charge >= 0.3 is 5.97 Å². The third-order valence-corrected chi connectivity index (χ3v) is 8.25. The highest BCUT2D eigenvalue weighted by Gasteiger charge is 2.34. The van der Waals surface area contributed by atoms with E-state index in [1.807, 2.05) is 32.0 Å². The maximum atomic E-state index is 14.1. The number of terminal acetylenes is 1. The molecule has 3 aromatic rings. The van der Waals surface area contributed by atoms with Crippen LogP contribution in [0.5, 0.6) is 17.2 Å². The van der Waals surface area contributed by atoms with Crippen LogP contribution < -0.4 is 29.1 Å². The van der Waals surface area contributed by atoms with Gasteiger partial charge in [-0.25, -0.2) is 9.79 Å². The van der Waals surface area contributed by atoms with Crippen molar-refractivity contribution in [3.8, 4) is 29.6 Å². The summed E-state index contributed by atoms with van der Waals surface area (Å²) in [6.45, 7) is 7.58. The number of thiazole rings is 1. The van der Waals surface area contributed by atoms with Gasteiger partial charge in [-0.3, -0.25) is 9.36 Å². The summed E-state index contributed by atoms with van der Waals surface area (Å²) in [6.07, 6.45) is 7.11. The van der Waals surface area contributed by atoms with Crippen LogP contribution in [-0.2, 0) is 9.53 Å². The van der Waals surface area contributed by atoms with Crippen molar-refractivity contribution in [3.63, 3.8) is 0 Å². The Balaban J connectivity index is 1.97. The summed E-state index contributed by atoms with van der Waals surface area (Å²) in [5.41, 5.74) is 1.77. The number of carbonyl (C=O) groups excluding carboxylic acids is 1. The summed E-state index contributed by atoms with van der Waals surface area (Å²) >= 11 is 6.91. The van der Waals surface area contributed by atoms with Gasteiger partial charge in [0.25, 0.3) is 5.56 Å². The zero-order chi connectivity index (χ0) is 29.8. The summed E-state index contributed by atoms with van der Waals surface area (Å²) in [7, 11) is 1.55. The molecule has 0 saturated carbocycles. The molecule has 1 aliphatic rings. The van der Waals surface area contributed by atoms with Gasteiger partial charge in [-0.15, -0.1) is 6.42 Å². The third-order valence-electron chi connectivity index (χ3n) is 6.01. The molecule has 1 aliphatic heterocycles. The molecule has 0 amide bonds. The van der Waals surface area contributed by atoms with Crippen LogP contribution in [0.4, 0.5) is 0 Å². The van der Waals surface area contributed by atoms with Crippen LogP contribution in [0, 0.1) is 15.9 Å². The van der Waals surface area contributed by atoms with Crippen LogP contribution in [-0.4, -0.2) is 37.0 Å². The third kappa shape index (κ3) is 6.55. The molecule has 41 heavy (non-hydrogen) atoms. The Morgan fingerprint density at radius 1 is 1.29 bits per heavy atom. The second-order valence-corrected chi connectivity index (χ2v) is 12.3. The molecule has 8 nitrogen and oxygen atoms in total.